The highest BCUT2D eigenvalue weighted by atomic mass is 31.2. The molecule has 2 atom stereocenters. The quantitative estimate of drug-likeness (QED) is 0.505. The molecule has 1 fully saturated rings. The van der Waals surface area contributed by atoms with E-state index in [1.165, 1.54) is 5.81 Å². The van der Waals surface area contributed by atoms with E-state index < -0.39 is 7.60 Å². The van der Waals surface area contributed by atoms with Gasteiger partial charge in [0.1, 0.15) is 0 Å². The molecule has 0 N–H and O–H groups in total. The second-order valence-corrected chi connectivity index (χ2v) is 3.80. The van der Waals surface area contributed by atoms with Gasteiger partial charge in [-0.2, -0.15) is 5.26 Å². The summed E-state index contributed by atoms with van der Waals surface area (Å²) in [7, 11) is -3.34. The molecular formula is C5H8NO3P. The second-order valence-electron chi connectivity index (χ2n) is 2.14. The second kappa shape index (κ2) is 2.71. The molecule has 5 heteroatoms. The van der Waals surface area contributed by atoms with Crippen molar-refractivity contribution in [1.82, 2.24) is 0 Å². The van der Waals surface area contributed by atoms with Gasteiger partial charge >= 0.3 is 7.60 Å². The highest BCUT2D eigenvalue weighted by Gasteiger charge is 2.31. The summed E-state index contributed by atoms with van der Waals surface area (Å²) in [5.41, 5.74) is 0. The average Bonchev–Trinajstić information content (AvgIpc) is 1.88. The van der Waals surface area contributed by atoms with Crippen molar-refractivity contribution in [3.8, 4) is 5.81 Å². The monoisotopic (exact) mass is 161 g/mol. The summed E-state index contributed by atoms with van der Waals surface area (Å²) in [5.74, 6) is 1.52. The van der Waals surface area contributed by atoms with Gasteiger partial charge < -0.3 is 0 Å². The first kappa shape index (κ1) is 7.74. The van der Waals surface area contributed by atoms with E-state index >= 15 is 0 Å². The Kier molecular flexibility index (Phi) is 2.10. The lowest BCUT2D eigenvalue weighted by Crippen LogP contribution is -2.16. The molecule has 1 saturated heterocycles. The van der Waals surface area contributed by atoms with Crippen LogP contribution in [0.5, 0.6) is 0 Å². The Hall–Kier alpha value is -0.360. The standard InChI is InChI=1S/C5H8NO3P/c1-5-2-3-8-10(7,4-6)9-5/h5H,2-3H2,1H3. The van der Waals surface area contributed by atoms with E-state index in [1.54, 1.807) is 6.92 Å². The first-order valence-electron chi connectivity index (χ1n) is 3.00. The predicted molar refractivity (Wildman–Crippen MR) is 34.3 cm³/mol. The molecule has 0 aromatic rings. The van der Waals surface area contributed by atoms with Crippen molar-refractivity contribution in [3.63, 3.8) is 0 Å². The van der Waals surface area contributed by atoms with Crippen molar-refractivity contribution in [2.45, 2.75) is 19.4 Å². The Balaban J connectivity index is 2.65. The maximum absolute atomic E-state index is 11.0. The molecule has 56 valence electrons. The summed E-state index contributed by atoms with van der Waals surface area (Å²) < 4.78 is 20.5. The molecule has 1 aliphatic rings. The predicted octanol–water partition coefficient (Wildman–Crippen LogP) is 1.49. The van der Waals surface area contributed by atoms with Crippen LogP contribution < -0.4 is 0 Å². The Morgan fingerprint density at radius 2 is 2.50 bits per heavy atom. The minimum absolute atomic E-state index is 0.126. The Morgan fingerprint density at radius 3 is 2.90 bits per heavy atom. The third kappa shape index (κ3) is 1.57. The molecule has 0 spiro atoms. The van der Waals surface area contributed by atoms with Gasteiger partial charge in [-0.1, -0.05) is 0 Å². The number of rotatable bonds is 0. The highest BCUT2D eigenvalue weighted by Crippen LogP contribution is 2.50. The van der Waals surface area contributed by atoms with Gasteiger partial charge in [0.2, 0.25) is 0 Å². The molecule has 1 aliphatic heterocycles. The van der Waals surface area contributed by atoms with E-state index in [1.807, 2.05) is 0 Å². The molecule has 0 radical (unpaired) electrons. The SMILES string of the molecule is CC1CCOP(=O)(C#N)O1. The van der Waals surface area contributed by atoms with Gasteiger partial charge in [0, 0.05) is 0 Å². The summed E-state index contributed by atoms with van der Waals surface area (Å²) in [4.78, 5) is 0. The van der Waals surface area contributed by atoms with Crippen molar-refractivity contribution in [3.05, 3.63) is 0 Å². The van der Waals surface area contributed by atoms with E-state index in [-0.39, 0.29) is 6.10 Å². The van der Waals surface area contributed by atoms with E-state index in [9.17, 15) is 4.57 Å². The van der Waals surface area contributed by atoms with Crippen LogP contribution >= 0.6 is 7.60 Å². The molecule has 0 amide bonds. The van der Waals surface area contributed by atoms with Gasteiger partial charge in [0.25, 0.3) is 0 Å². The first-order chi connectivity index (χ1) is 4.66. The van der Waals surface area contributed by atoms with Crippen LogP contribution in [-0.2, 0) is 13.6 Å². The van der Waals surface area contributed by atoms with Gasteiger partial charge in [-0.05, 0) is 13.3 Å². The molecule has 1 rings (SSSR count). The molecule has 2 unspecified atom stereocenters. The lowest BCUT2D eigenvalue weighted by atomic mass is 10.3. The van der Waals surface area contributed by atoms with Gasteiger partial charge in [-0.15, -0.1) is 0 Å². The minimum atomic E-state index is -3.34. The van der Waals surface area contributed by atoms with Crippen molar-refractivity contribution < 1.29 is 13.6 Å². The van der Waals surface area contributed by atoms with Crippen LogP contribution in [0.25, 0.3) is 0 Å². The molecule has 0 aromatic heterocycles. The molecule has 0 aromatic carbocycles. The summed E-state index contributed by atoms with van der Waals surface area (Å²) in [5, 5.41) is 8.30. The number of nitrogens with zero attached hydrogens (tertiary/aromatic N) is 1. The number of nitriles is 1. The molecule has 0 saturated carbocycles. The highest BCUT2D eigenvalue weighted by molar-refractivity contribution is 7.59. The van der Waals surface area contributed by atoms with E-state index in [2.05, 4.69) is 4.52 Å². The van der Waals surface area contributed by atoms with Gasteiger partial charge in [0.05, 0.1) is 12.7 Å². The molecule has 4 nitrogen and oxygen atoms in total. The molecular weight excluding hydrogens is 153 g/mol. The molecule has 10 heavy (non-hydrogen) atoms. The smallest absolute Gasteiger partial charge is 0.298 e. The Bertz CT molecular complexity index is 209. The fourth-order valence-electron chi connectivity index (χ4n) is 0.711. The van der Waals surface area contributed by atoms with Crippen LogP contribution in [0.1, 0.15) is 13.3 Å². The maximum Gasteiger partial charge on any atom is 0.431 e. The molecule has 0 bridgehead atoms. The maximum atomic E-state index is 11.0. The van der Waals surface area contributed by atoms with Crippen LogP contribution in [0.2, 0.25) is 0 Å². The summed E-state index contributed by atoms with van der Waals surface area (Å²) in [6.45, 7) is 2.12. The topological polar surface area (TPSA) is 59.3 Å². The van der Waals surface area contributed by atoms with Crippen molar-refractivity contribution in [1.29, 1.82) is 5.26 Å². The zero-order chi connectivity index (χ0) is 7.61. The van der Waals surface area contributed by atoms with E-state index in [4.69, 9.17) is 9.79 Å². The normalized spacial score (nSPS) is 40.6. The van der Waals surface area contributed by atoms with Crippen LogP contribution in [0.4, 0.5) is 0 Å². The lowest BCUT2D eigenvalue weighted by molar-refractivity contribution is 0.0991. The molecule has 0 aliphatic carbocycles. The van der Waals surface area contributed by atoms with E-state index in [0.717, 1.165) is 0 Å². The third-order valence-corrected chi connectivity index (χ3v) is 2.63. The van der Waals surface area contributed by atoms with Gasteiger partial charge in [-0.25, -0.2) is 4.57 Å². The van der Waals surface area contributed by atoms with Crippen LogP contribution in [0.15, 0.2) is 0 Å². The third-order valence-electron chi connectivity index (χ3n) is 1.23. The van der Waals surface area contributed by atoms with Crippen LogP contribution in [0.3, 0.4) is 0 Å². The van der Waals surface area contributed by atoms with Gasteiger partial charge in [-0.3, -0.25) is 9.05 Å². The summed E-state index contributed by atoms with van der Waals surface area (Å²) >= 11 is 0. The van der Waals surface area contributed by atoms with Crippen LogP contribution in [-0.4, -0.2) is 12.7 Å². The first-order valence-corrected chi connectivity index (χ1v) is 4.55. The molecule has 1 heterocycles. The lowest BCUT2D eigenvalue weighted by Gasteiger charge is -2.22. The zero-order valence-corrected chi connectivity index (χ0v) is 6.51. The summed E-state index contributed by atoms with van der Waals surface area (Å²) in [6, 6.07) is 0. The summed E-state index contributed by atoms with van der Waals surface area (Å²) in [6.07, 6.45) is 0.574. The van der Waals surface area contributed by atoms with Gasteiger partial charge in [0.15, 0.2) is 5.81 Å². The van der Waals surface area contributed by atoms with Crippen molar-refractivity contribution >= 4 is 7.60 Å². The minimum Gasteiger partial charge on any atom is -0.298 e. The fourth-order valence-corrected chi connectivity index (χ4v) is 1.80. The number of hydrogen-bond donors (Lipinski definition) is 0. The largest absolute Gasteiger partial charge is 0.431 e. The van der Waals surface area contributed by atoms with Crippen LogP contribution in [0, 0.1) is 11.1 Å². The van der Waals surface area contributed by atoms with E-state index in [0.29, 0.717) is 13.0 Å². The van der Waals surface area contributed by atoms with Crippen molar-refractivity contribution in [2.75, 3.05) is 6.61 Å². The Labute approximate surface area is 59.3 Å². The van der Waals surface area contributed by atoms with Crippen molar-refractivity contribution in [2.24, 2.45) is 0 Å². The average molecular weight is 161 g/mol. The zero-order valence-electron chi connectivity index (χ0n) is 5.61. The Morgan fingerprint density at radius 1 is 1.80 bits per heavy atom. The fraction of sp³-hybridized carbons (Fsp3) is 0.800. The number of hydrogen-bond acceptors (Lipinski definition) is 4.